The lowest BCUT2D eigenvalue weighted by molar-refractivity contribution is 0.0651. The topological polar surface area (TPSA) is 64.4 Å². The molecule has 0 bridgehead atoms. The van der Waals surface area contributed by atoms with Crippen molar-refractivity contribution in [2.75, 3.05) is 20.2 Å². The molecule has 0 N–H and O–H groups in total. The fourth-order valence-corrected chi connectivity index (χ4v) is 4.03. The lowest BCUT2D eigenvalue weighted by Gasteiger charge is -2.31. The van der Waals surface area contributed by atoms with Gasteiger partial charge in [-0.15, -0.1) is 0 Å². The SMILES string of the molecule is COc1ccc(C(=O)C2CCN(C(=O)c3cn(C)nc3-c3ccc(F)cc3F)CC2)cc1. The molecule has 1 fully saturated rings. The molecular formula is C24H23F2N3O3. The molecule has 6 nitrogen and oxygen atoms in total. The molecule has 3 aromatic rings. The Hall–Kier alpha value is -3.55. The molecule has 2 heterocycles. The van der Waals surface area contributed by atoms with Crippen molar-refractivity contribution in [1.29, 1.82) is 0 Å². The van der Waals surface area contributed by atoms with Crippen LogP contribution in [0.5, 0.6) is 5.75 Å². The van der Waals surface area contributed by atoms with Crippen molar-refractivity contribution in [3.05, 3.63) is 71.4 Å². The van der Waals surface area contributed by atoms with Crippen LogP contribution in [0.25, 0.3) is 11.3 Å². The first-order chi connectivity index (χ1) is 15.4. The lowest BCUT2D eigenvalue weighted by atomic mass is 9.88. The van der Waals surface area contributed by atoms with Gasteiger partial charge < -0.3 is 9.64 Å². The number of nitrogens with zero attached hydrogens (tertiary/aromatic N) is 3. The average Bonchev–Trinajstić information content (AvgIpc) is 3.19. The summed E-state index contributed by atoms with van der Waals surface area (Å²) in [5.74, 6) is -1.19. The van der Waals surface area contributed by atoms with E-state index in [4.69, 9.17) is 4.74 Å². The zero-order valence-corrected chi connectivity index (χ0v) is 17.8. The number of likely N-dealkylation sites (tertiary alicyclic amines) is 1. The first-order valence-electron chi connectivity index (χ1n) is 10.3. The molecule has 32 heavy (non-hydrogen) atoms. The van der Waals surface area contributed by atoms with Gasteiger partial charge in [-0.1, -0.05) is 0 Å². The zero-order valence-electron chi connectivity index (χ0n) is 17.8. The third-order valence-electron chi connectivity index (χ3n) is 5.77. The quantitative estimate of drug-likeness (QED) is 0.562. The largest absolute Gasteiger partial charge is 0.497 e. The van der Waals surface area contributed by atoms with E-state index in [9.17, 15) is 18.4 Å². The van der Waals surface area contributed by atoms with Gasteiger partial charge in [0.2, 0.25) is 0 Å². The predicted molar refractivity (Wildman–Crippen MR) is 115 cm³/mol. The average molecular weight is 439 g/mol. The number of hydrogen-bond donors (Lipinski definition) is 0. The van der Waals surface area contributed by atoms with Gasteiger partial charge in [0, 0.05) is 49.4 Å². The molecule has 0 unspecified atom stereocenters. The van der Waals surface area contributed by atoms with Gasteiger partial charge in [0.15, 0.2) is 5.78 Å². The Bertz CT molecular complexity index is 1150. The van der Waals surface area contributed by atoms with Gasteiger partial charge >= 0.3 is 0 Å². The highest BCUT2D eigenvalue weighted by Gasteiger charge is 2.30. The molecule has 8 heteroatoms. The highest BCUT2D eigenvalue weighted by atomic mass is 19.1. The Balaban J connectivity index is 1.47. The number of hydrogen-bond acceptors (Lipinski definition) is 4. The fraction of sp³-hybridized carbons (Fsp3) is 0.292. The number of Topliss-reactive ketones (excluding diaryl/α,β-unsaturated/α-hetero) is 1. The second-order valence-electron chi connectivity index (χ2n) is 7.85. The van der Waals surface area contributed by atoms with E-state index in [2.05, 4.69) is 5.10 Å². The summed E-state index contributed by atoms with van der Waals surface area (Å²) in [4.78, 5) is 27.7. The Morgan fingerprint density at radius 3 is 2.38 bits per heavy atom. The van der Waals surface area contributed by atoms with Gasteiger partial charge in [0.25, 0.3) is 5.91 Å². The molecular weight excluding hydrogens is 416 g/mol. The van der Waals surface area contributed by atoms with Gasteiger partial charge in [-0.2, -0.15) is 5.10 Å². The number of aromatic nitrogens is 2. The van der Waals surface area contributed by atoms with Crippen molar-refractivity contribution in [2.45, 2.75) is 12.8 Å². The number of rotatable bonds is 5. The van der Waals surface area contributed by atoms with Crippen LogP contribution in [0.1, 0.15) is 33.6 Å². The predicted octanol–water partition coefficient (Wildman–Crippen LogP) is 4.11. The molecule has 0 spiro atoms. The highest BCUT2D eigenvalue weighted by Crippen LogP contribution is 2.29. The number of benzene rings is 2. The van der Waals surface area contributed by atoms with Crippen LogP contribution in [0.4, 0.5) is 8.78 Å². The van der Waals surface area contributed by atoms with Gasteiger partial charge in [0.05, 0.1) is 12.7 Å². The van der Waals surface area contributed by atoms with E-state index in [1.54, 1.807) is 43.3 Å². The van der Waals surface area contributed by atoms with Crippen LogP contribution in [0.3, 0.4) is 0 Å². The molecule has 166 valence electrons. The normalized spacial score (nSPS) is 14.4. The van der Waals surface area contributed by atoms with E-state index in [1.165, 1.54) is 16.9 Å². The molecule has 0 radical (unpaired) electrons. The minimum Gasteiger partial charge on any atom is -0.497 e. The fourth-order valence-electron chi connectivity index (χ4n) is 4.03. The Morgan fingerprint density at radius 2 is 1.75 bits per heavy atom. The smallest absolute Gasteiger partial charge is 0.257 e. The molecule has 0 atom stereocenters. The van der Waals surface area contributed by atoms with E-state index in [0.29, 0.717) is 37.2 Å². The van der Waals surface area contributed by atoms with Crippen LogP contribution in [0.2, 0.25) is 0 Å². The number of ketones is 1. The van der Waals surface area contributed by atoms with Gasteiger partial charge in [-0.05, 0) is 49.2 Å². The van der Waals surface area contributed by atoms with Crippen molar-refractivity contribution in [1.82, 2.24) is 14.7 Å². The van der Waals surface area contributed by atoms with Crippen LogP contribution >= 0.6 is 0 Å². The van der Waals surface area contributed by atoms with Crippen LogP contribution in [-0.2, 0) is 7.05 Å². The highest BCUT2D eigenvalue weighted by molar-refractivity contribution is 6.01. The minimum atomic E-state index is -0.776. The molecule has 0 aliphatic carbocycles. The van der Waals surface area contributed by atoms with Crippen molar-refractivity contribution < 1.29 is 23.1 Å². The monoisotopic (exact) mass is 439 g/mol. The number of amides is 1. The van der Waals surface area contributed by atoms with Gasteiger partial charge in [-0.25, -0.2) is 8.78 Å². The maximum absolute atomic E-state index is 14.3. The number of ether oxygens (including phenoxy) is 1. The Morgan fingerprint density at radius 1 is 1.06 bits per heavy atom. The number of methoxy groups -OCH3 is 1. The number of aryl methyl sites for hydroxylation is 1. The van der Waals surface area contributed by atoms with Crippen LogP contribution < -0.4 is 4.74 Å². The summed E-state index contributed by atoms with van der Waals surface area (Å²) in [7, 11) is 3.21. The van der Waals surface area contributed by atoms with E-state index in [0.717, 1.165) is 12.1 Å². The summed E-state index contributed by atoms with van der Waals surface area (Å²) in [5, 5.41) is 4.23. The van der Waals surface area contributed by atoms with E-state index < -0.39 is 11.6 Å². The third kappa shape index (κ3) is 4.26. The summed E-state index contributed by atoms with van der Waals surface area (Å²) in [6.45, 7) is 0.817. The third-order valence-corrected chi connectivity index (χ3v) is 5.77. The summed E-state index contributed by atoms with van der Waals surface area (Å²) in [6, 6.07) is 10.2. The number of halogens is 2. The summed E-state index contributed by atoms with van der Waals surface area (Å²) < 4.78 is 34.2. The summed E-state index contributed by atoms with van der Waals surface area (Å²) in [6.07, 6.45) is 2.61. The second-order valence-corrected chi connectivity index (χ2v) is 7.85. The van der Waals surface area contributed by atoms with E-state index in [1.807, 2.05) is 0 Å². The van der Waals surface area contributed by atoms with E-state index >= 15 is 0 Å². The number of carbonyl (C=O) groups is 2. The molecule has 0 saturated carbocycles. The molecule has 2 aromatic carbocycles. The molecule has 4 rings (SSSR count). The van der Waals surface area contributed by atoms with Crippen LogP contribution in [-0.4, -0.2) is 46.6 Å². The second kappa shape index (κ2) is 8.90. The summed E-state index contributed by atoms with van der Waals surface area (Å²) in [5.41, 5.74) is 1.11. The van der Waals surface area contributed by atoms with Crippen LogP contribution in [0.15, 0.2) is 48.7 Å². The summed E-state index contributed by atoms with van der Waals surface area (Å²) >= 11 is 0. The van der Waals surface area contributed by atoms with Crippen molar-refractivity contribution in [3.8, 4) is 17.0 Å². The van der Waals surface area contributed by atoms with Gasteiger partial charge in [-0.3, -0.25) is 14.3 Å². The number of carbonyl (C=O) groups excluding carboxylic acids is 2. The standard InChI is InChI=1S/C24H23F2N3O3/c1-28-14-20(22(27-28)19-8-5-17(25)13-21(19)26)24(31)29-11-9-16(10-12-29)23(30)15-3-6-18(32-2)7-4-15/h3-8,13-14,16H,9-12H2,1-2H3. The zero-order chi connectivity index (χ0) is 22.8. The lowest BCUT2D eigenvalue weighted by Crippen LogP contribution is -2.40. The first-order valence-corrected chi connectivity index (χ1v) is 10.3. The molecule has 1 aromatic heterocycles. The number of piperidine rings is 1. The van der Waals surface area contributed by atoms with Crippen molar-refractivity contribution >= 4 is 11.7 Å². The minimum absolute atomic E-state index is 0.0511. The maximum atomic E-state index is 14.3. The molecule has 1 aliphatic heterocycles. The van der Waals surface area contributed by atoms with E-state index in [-0.39, 0.29) is 34.4 Å². The molecule has 1 saturated heterocycles. The Labute approximate surface area is 184 Å². The van der Waals surface area contributed by atoms with Gasteiger partial charge in [0.1, 0.15) is 23.1 Å². The van der Waals surface area contributed by atoms with Crippen molar-refractivity contribution in [2.24, 2.45) is 13.0 Å². The first kappa shape index (κ1) is 21.7. The van der Waals surface area contributed by atoms with Crippen LogP contribution in [0, 0.1) is 17.6 Å². The molecule has 1 aliphatic rings. The molecule has 1 amide bonds. The maximum Gasteiger partial charge on any atom is 0.257 e. The Kier molecular flexibility index (Phi) is 6.03. The van der Waals surface area contributed by atoms with Crippen molar-refractivity contribution in [3.63, 3.8) is 0 Å².